The highest BCUT2D eigenvalue weighted by atomic mass is 35.5. The van der Waals surface area contributed by atoms with Crippen LogP contribution in [0.3, 0.4) is 0 Å². The Morgan fingerprint density at radius 2 is 2.00 bits per heavy atom. The normalized spacial score (nSPS) is 10.5. The summed E-state index contributed by atoms with van der Waals surface area (Å²) in [4.78, 5) is 14.9. The number of aromatic nitrogens is 3. The number of anilines is 1. The number of rotatable bonds is 5. The van der Waals surface area contributed by atoms with Crippen LogP contribution in [0.2, 0.25) is 0 Å². The molecule has 0 N–H and O–H groups in total. The number of pyridine rings is 1. The first-order chi connectivity index (χ1) is 9.20. The molecule has 0 radical (unpaired) electrons. The third-order valence-electron chi connectivity index (χ3n) is 3.04. The summed E-state index contributed by atoms with van der Waals surface area (Å²) in [6.07, 6.45) is 6.36. The number of nitrogens with zero attached hydrogens (tertiary/aromatic N) is 4. The average Bonchev–Trinajstić information content (AvgIpc) is 2.45. The molecule has 2 heterocycles. The molecular weight excluding hydrogens is 260 g/mol. The average molecular weight is 277 g/mol. The molecule has 0 amide bonds. The van der Waals surface area contributed by atoms with Crippen molar-refractivity contribution in [1.82, 2.24) is 15.0 Å². The van der Waals surface area contributed by atoms with Crippen molar-refractivity contribution in [3.05, 3.63) is 47.5 Å². The maximum Gasteiger partial charge on any atom is 0.225 e. The van der Waals surface area contributed by atoms with Gasteiger partial charge < -0.3 is 4.90 Å². The Bertz CT molecular complexity index is 530. The van der Waals surface area contributed by atoms with E-state index in [0.29, 0.717) is 5.88 Å². The molecule has 0 bridgehead atoms. The molecule has 0 aliphatic rings. The molecular formula is C14H17ClN4. The quantitative estimate of drug-likeness (QED) is 0.787. The van der Waals surface area contributed by atoms with Gasteiger partial charge in [-0.3, -0.25) is 4.98 Å². The van der Waals surface area contributed by atoms with E-state index in [1.807, 2.05) is 43.4 Å². The Kier molecular flexibility index (Phi) is 4.68. The lowest BCUT2D eigenvalue weighted by Gasteiger charge is -2.17. The molecule has 0 spiro atoms. The minimum Gasteiger partial charge on any atom is -0.344 e. The standard InChI is InChI=1S/C14H17ClN4/c1-11-13(9-15)10-17-14(18-11)19(2)8-5-12-3-6-16-7-4-12/h3-4,6-7,10H,5,8-9H2,1-2H3. The SMILES string of the molecule is Cc1nc(N(C)CCc2ccncc2)ncc1CCl. The van der Waals surface area contributed by atoms with Crippen LogP contribution in [0.1, 0.15) is 16.8 Å². The molecule has 5 heteroatoms. The van der Waals surface area contributed by atoms with Gasteiger partial charge in [-0.15, -0.1) is 11.6 Å². The minimum atomic E-state index is 0.451. The molecule has 19 heavy (non-hydrogen) atoms. The number of hydrogen-bond acceptors (Lipinski definition) is 4. The van der Waals surface area contributed by atoms with Crippen LogP contribution in [0.5, 0.6) is 0 Å². The highest BCUT2D eigenvalue weighted by Gasteiger charge is 2.07. The van der Waals surface area contributed by atoms with Crippen molar-refractivity contribution in [3.8, 4) is 0 Å². The molecule has 0 unspecified atom stereocenters. The van der Waals surface area contributed by atoms with Crippen LogP contribution in [0, 0.1) is 6.92 Å². The monoisotopic (exact) mass is 276 g/mol. The Balaban J connectivity index is 2.00. The van der Waals surface area contributed by atoms with Gasteiger partial charge in [0.05, 0.1) is 5.88 Å². The van der Waals surface area contributed by atoms with Crippen LogP contribution in [-0.2, 0) is 12.3 Å². The van der Waals surface area contributed by atoms with Crippen molar-refractivity contribution in [2.75, 3.05) is 18.5 Å². The van der Waals surface area contributed by atoms with Crippen LogP contribution in [-0.4, -0.2) is 28.5 Å². The Morgan fingerprint density at radius 1 is 1.26 bits per heavy atom. The lowest BCUT2D eigenvalue weighted by atomic mass is 10.2. The lowest BCUT2D eigenvalue weighted by Crippen LogP contribution is -2.23. The first kappa shape index (κ1) is 13.7. The molecule has 0 saturated heterocycles. The molecule has 4 nitrogen and oxygen atoms in total. The number of halogens is 1. The predicted molar refractivity (Wildman–Crippen MR) is 77.5 cm³/mol. The zero-order valence-electron chi connectivity index (χ0n) is 11.2. The van der Waals surface area contributed by atoms with Gasteiger partial charge in [-0.05, 0) is 31.0 Å². The van der Waals surface area contributed by atoms with Gasteiger partial charge in [0.15, 0.2) is 0 Å². The maximum absolute atomic E-state index is 5.81. The van der Waals surface area contributed by atoms with E-state index in [-0.39, 0.29) is 0 Å². The largest absolute Gasteiger partial charge is 0.344 e. The maximum atomic E-state index is 5.81. The zero-order chi connectivity index (χ0) is 13.7. The summed E-state index contributed by atoms with van der Waals surface area (Å²) in [7, 11) is 2.00. The second-order valence-electron chi connectivity index (χ2n) is 4.44. The molecule has 0 atom stereocenters. The Labute approximate surface area is 118 Å². The van der Waals surface area contributed by atoms with E-state index < -0.39 is 0 Å². The summed E-state index contributed by atoms with van der Waals surface area (Å²) < 4.78 is 0. The fraction of sp³-hybridized carbons (Fsp3) is 0.357. The summed E-state index contributed by atoms with van der Waals surface area (Å²) in [6.45, 7) is 2.82. The predicted octanol–water partition coefficient (Wildman–Crippen LogP) is 2.60. The first-order valence-corrected chi connectivity index (χ1v) is 6.72. The van der Waals surface area contributed by atoms with E-state index in [1.165, 1.54) is 5.56 Å². The fourth-order valence-corrected chi connectivity index (χ4v) is 2.00. The van der Waals surface area contributed by atoms with Crippen molar-refractivity contribution in [2.45, 2.75) is 19.2 Å². The zero-order valence-corrected chi connectivity index (χ0v) is 11.9. The van der Waals surface area contributed by atoms with E-state index in [4.69, 9.17) is 11.6 Å². The number of aryl methyl sites for hydroxylation is 1. The smallest absolute Gasteiger partial charge is 0.225 e. The van der Waals surface area contributed by atoms with E-state index >= 15 is 0 Å². The molecule has 0 aliphatic carbocycles. The van der Waals surface area contributed by atoms with Crippen LogP contribution in [0.15, 0.2) is 30.7 Å². The molecule has 0 aliphatic heterocycles. The van der Waals surface area contributed by atoms with Gasteiger partial charge >= 0.3 is 0 Å². The van der Waals surface area contributed by atoms with Gasteiger partial charge in [-0.2, -0.15) is 0 Å². The number of hydrogen-bond donors (Lipinski definition) is 0. The van der Waals surface area contributed by atoms with Gasteiger partial charge in [-0.25, -0.2) is 9.97 Å². The van der Waals surface area contributed by atoms with E-state index in [1.54, 1.807) is 6.20 Å². The third-order valence-corrected chi connectivity index (χ3v) is 3.33. The van der Waals surface area contributed by atoms with Crippen molar-refractivity contribution in [1.29, 1.82) is 0 Å². The topological polar surface area (TPSA) is 41.9 Å². The Hall–Kier alpha value is -1.68. The van der Waals surface area contributed by atoms with Gasteiger partial charge in [0.25, 0.3) is 0 Å². The van der Waals surface area contributed by atoms with Crippen LogP contribution >= 0.6 is 11.6 Å². The van der Waals surface area contributed by atoms with E-state index in [2.05, 4.69) is 15.0 Å². The highest BCUT2D eigenvalue weighted by Crippen LogP contribution is 2.12. The number of alkyl halides is 1. The minimum absolute atomic E-state index is 0.451. The lowest BCUT2D eigenvalue weighted by molar-refractivity contribution is 0.828. The van der Waals surface area contributed by atoms with Crippen LogP contribution in [0.4, 0.5) is 5.95 Å². The third kappa shape index (κ3) is 3.64. The Morgan fingerprint density at radius 3 is 2.63 bits per heavy atom. The summed E-state index contributed by atoms with van der Waals surface area (Å²) in [5, 5.41) is 0. The second-order valence-corrected chi connectivity index (χ2v) is 4.71. The van der Waals surface area contributed by atoms with Crippen molar-refractivity contribution in [2.24, 2.45) is 0 Å². The summed E-state index contributed by atoms with van der Waals surface area (Å²) in [5.41, 5.74) is 3.18. The van der Waals surface area contributed by atoms with Gasteiger partial charge in [0.2, 0.25) is 5.95 Å². The highest BCUT2D eigenvalue weighted by molar-refractivity contribution is 6.17. The summed E-state index contributed by atoms with van der Waals surface area (Å²) >= 11 is 5.81. The molecule has 100 valence electrons. The van der Waals surface area contributed by atoms with Crippen molar-refractivity contribution < 1.29 is 0 Å². The van der Waals surface area contributed by atoms with Gasteiger partial charge in [-0.1, -0.05) is 0 Å². The first-order valence-electron chi connectivity index (χ1n) is 6.19. The van der Waals surface area contributed by atoms with Crippen molar-refractivity contribution >= 4 is 17.5 Å². The molecule has 0 saturated carbocycles. The van der Waals surface area contributed by atoms with Crippen molar-refractivity contribution in [3.63, 3.8) is 0 Å². The van der Waals surface area contributed by atoms with E-state index in [9.17, 15) is 0 Å². The number of likely N-dealkylation sites (N-methyl/N-ethyl adjacent to an activating group) is 1. The van der Waals surface area contributed by atoms with Gasteiger partial charge in [0.1, 0.15) is 0 Å². The van der Waals surface area contributed by atoms with Gasteiger partial charge in [0, 0.05) is 43.4 Å². The molecule has 0 aromatic carbocycles. The molecule has 2 rings (SSSR count). The summed E-state index contributed by atoms with van der Waals surface area (Å²) in [5.74, 6) is 1.19. The fourth-order valence-electron chi connectivity index (χ4n) is 1.74. The van der Waals surface area contributed by atoms with Crippen LogP contribution < -0.4 is 4.90 Å². The molecule has 0 fully saturated rings. The molecule has 2 aromatic rings. The molecule has 2 aromatic heterocycles. The van der Waals surface area contributed by atoms with Crippen LogP contribution in [0.25, 0.3) is 0 Å². The van der Waals surface area contributed by atoms with E-state index in [0.717, 1.165) is 30.2 Å². The second kappa shape index (κ2) is 6.48. The summed E-state index contributed by atoms with van der Waals surface area (Å²) in [6, 6.07) is 4.05.